The maximum Gasteiger partial charge on any atom is 0.226 e. The molecule has 0 N–H and O–H groups in total. The van der Waals surface area contributed by atoms with Crippen LogP contribution in [0.4, 0.5) is 4.39 Å². The molecule has 0 spiro atoms. The summed E-state index contributed by atoms with van der Waals surface area (Å²) in [5.74, 6) is -0.198. The molecule has 0 fully saturated rings. The molecule has 0 aliphatic heterocycles. The van der Waals surface area contributed by atoms with Crippen molar-refractivity contribution in [1.29, 1.82) is 0 Å². The lowest BCUT2D eigenvalue weighted by Crippen LogP contribution is -2.31. The van der Waals surface area contributed by atoms with Crippen LogP contribution in [0.3, 0.4) is 0 Å². The first kappa shape index (κ1) is 11.6. The van der Waals surface area contributed by atoms with E-state index in [1.807, 2.05) is 29.8 Å². The topological polar surface area (TPSA) is 3.88 Å². The molecule has 0 aliphatic rings. The Bertz CT molecular complexity index is 708. The highest BCUT2D eigenvalue weighted by molar-refractivity contribution is 7.16. The van der Waals surface area contributed by atoms with Crippen molar-refractivity contribution in [3.05, 3.63) is 64.4 Å². The summed E-state index contributed by atoms with van der Waals surface area (Å²) in [6.07, 6.45) is 0. The van der Waals surface area contributed by atoms with E-state index >= 15 is 0 Å². The van der Waals surface area contributed by atoms with Crippen molar-refractivity contribution in [2.45, 2.75) is 6.54 Å². The number of aromatic nitrogens is 1. The fraction of sp³-hybridized carbons (Fsp3) is 0.0714. The molecule has 1 nitrogen and oxygen atoms in total. The summed E-state index contributed by atoms with van der Waals surface area (Å²) in [5.41, 5.74) is 4.11. The summed E-state index contributed by atoms with van der Waals surface area (Å²) < 4.78 is 16.4. The lowest BCUT2D eigenvalue weighted by atomic mass is 10.2. The minimum absolute atomic E-state index is 0.198. The Balaban J connectivity index is 2.00. The van der Waals surface area contributed by atoms with E-state index in [-0.39, 0.29) is 5.82 Å². The van der Waals surface area contributed by atoms with Crippen LogP contribution in [0, 0.1) is 5.82 Å². The van der Waals surface area contributed by atoms with Crippen LogP contribution in [0.2, 0.25) is 5.02 Å². The molecule has 0 unspecified atom stereocenters. The number of nitrogens with zero attached hydrogens (tertiary/aromatic N) is 1. The molecule has 0 saturated heterocycles. The lowest BCUT2D eigenvalue weighted by Gasteiger charge is -1.97. The first-order valence-electron chi connectivity index (χ1n) is 5.53. The SMILES string of the molecule is Fc1cccc(C[n+]2csc3cc(Cl)ccc32)c1. The van der Waals surface area contributed by atoms with Gasteiger partial charge in [0.2, 0.25) is 11.0 Å². The van der Waals surface area contributed by atoms with E-state index in [9.17, 15) is 4.39 Å². The van der Waals surface area contributed by atoms with Crippen molar-refractivity contribution in [1.82, 2.24) is 0 Å². The quantitative estimate of drug-likeness (QED) is 0.623. The summed E-state index contributed by atoms with van der Waals surface area (Å²) in [6.45, 7) is 0.666. The van der Waals surface area contributed by atoms with Gasteiger partial charge in [-0.05, 0) is 24.3 Å². The monoisotopic (exact) mass is 278 g/mol. The highest BCUT2D eigenvalue weighted by Gasteiger charge is 2.12. The second-order valence-electron chi connectivity index (χ2n) is 4.09. The van der Waals surface area contributed by atoms with E-state index in [0.717, 1.165) is 20.8 Å². The van der Waals surface area contributed by atoms with E-state index in [1.165, 1.54) is 6.07 Å². The van der Waals surface area contributed by atoms with Crippen molar-refractivity contribution in [3.63, 3.8) is 0 Å². The van der Waals surface area contributed by atoms with Gasteiger partial charge in [-0.3, -0.25) is 0 Å². The van der Waals surface area contributed by atoms with E-state index in [2.05, 4.69) is 4.57 Å². The van der Waals surface area contributed by atoms with Crippen LogP contribution < -0.4 is 4.57 Å². The number of fused-ring (bicyclic) bond motifs is 1. The smallest absolute Gasteiger partial charge is 0.207 e. The van der Waals surface area contributed by atoms with Crippen LogP contribution in [0.5, 0.6) is 0 Å². The van der Waals surface area contributed by atoms with Crippen LogP contribution in [0.15, 0.2) is 48.0 Å². The summed E-state index contributed by atoms with van der Waals surface area (Å²) in [6, 6.07) is 12.5. The van der Waals surface area contributed by atoms with Gasteiger partial charge in [0.05, 0.1) is 0 Å². The van der Waals surface area contributed by atoms with Crippen LogP contribution in [-0.4, -0.2) is 0 Å². The van der Waals surface area contributed by atoms with E-state index in [0.29, 0.717) is 6.54 Å². The maximum absolute atomic E-state index is 13.1. The predicted molar refractivity (Wildman–Crippen MR) is 72.5 cm³/mol. The lowest BCUT2D eigenvalue weighted by molar-refractivity contribution is -0.658. The molecule has 0 atom stereocenters. The number of rotatable bonds is 2. The van der Waals surface area contributed by atoms with Gasteiger partial charge in [0, 0.05) is 16.7 Å². The molecule has 90 valence electrons. The van der Waals surface area contributed by atoms with Gasteiger partial charge in [0.25, 0.3) is 0 Å². The van der Waals surface area contributed by atoms with Crippen LogP contribution >= 0.6 is 22.9 Å². The molecular formula is C14H10ClFNS+. The molecule has 1 aromatic heterocycles. The minimum Gasteiger partial charge on any atom is -0.207 e. The van der Waals surface area contributed by atoms with Crippen LogP contribution in [-0.2, 0) is 6.54 Å². The third kappa shape index (κ3) is 2.24. The van der Waals surface area contributed by atoms with Gasteiger partial charge in [-0.2, -0.15) is 4.57 Å². The predicted octanol–water partition coefficient (Wildman–Crippen LogP) is 4.03. The van der Waals surface area contributed by atoms with Gasteiger partial charge in [-0.15, -0.1) is 0 Å². The Labute approximate surface area is 113 Å². The Morgan fingerprint density at radius 2 is 2.06 bits per heavy atom. The fourth-order valence-corrected chi connectivity index (χ4v) is 3.12. The zero-order valence-electron chi connectivity index (χ0n) is 9.44. The molecule has 3 rings (SSSR count). The third-order valence-corrected chi connectivity index (χ3v) is 3.96. The van der Waals surface area contributed by atoms with Crippen molar-refractivity contribution >= 4 is 33.2 Å². The number of hydrogen-bond donors (Lipinski definition) is 0. The fourth-order valence-electron chi connectivity index (χ4n) is 1.95. The molecule has 0 amide bonds. The van der Waals surface area contributed by atoms with E-state index in [1.54, 1.807) is 23.5 Å². The van der Waals surface area contributed by atoms with Crippen molar-refractivity contribution in [2.24, 2.45) is 0 Å². The molecule has 0 aliphatic carbocycles. The molecule has 18 heavy (non-hydrogen) atoms. The van der Waals surface area contributed by atoms with Crippen molar-refractivity contribution in [3.8, 4) is 0 Å². The molecule has 3 aromatic rings. The highest BCUT2D eigenvalue weighted by atomic mass is 35.5. The summed E-state index contributed by atoms with van der Waals surface area (Å²) in [4.78, 5) is 0. The largest absolute Gasteiger partial charge is 0.226 e. The number of thiazole rings is 1. The molecular weight excluding hydrogens is 269 g/mol. The van der Waals surface area contributed by atoms with Crippen molar-refractivity contribution in [2.75, 3.05) is 0 Å². The Morgan fingerprint density at radius 1 is 1.17 bits per heavy atom. The van der Waals surface area contributed by atoms with Crippen LogP contribution in [0.25, 0.3) is 10.2 Å². The second-order valence-corrected chi connectivity index (χ2v) is 5.42. The Morgan fingerprint density at radius 3 is 2.89 bits per heavy atom. The van der Waals surface area contributed by atoms with Gasteiger partial charge >= 0.3 is 0 Å². The van der Waals surface area contributed by atoms with Gasteiger partial charge < -0.3 is 0 Å². The molecule has 0 bridgehead atoms. The van der Waals surface area contributed by atoms with Crippen molar-refractivity contribution < 1.29 is 8.96 Å². The Kier molecular flexibility index (Phi) is 3.02. The Hall–Kier alpha value is -1.45. The van der Waals surface area contributed by atoms with Gasteiger partial charge in [0.15, 0.2) is 6.54 Å². The molecule has 0 saturated carbocycles. The number of benzene rings is 2. The van der Waals surface area contributed by atoms with Gasteiger partial charge in [-0.25, -0.2) is 4.39 Å². The van der Waals surface area contributed by atoms with E-state index in [4.69, 9.17) is 11.6 Å². The van der Waals surface area contributed by atoms with Gasteiger partial charge in [0.1, 0.15) is 10.5 Å². The number of hydrogen-bond acceptors (Lipinski definition) is 1. The maximum atomic E-state index is 13.1. The molecule has 4 heteroatoms. The normalized spacial score (nSPS) is 11.0. The summed E-state index contributed by atoms with van der Waals surface area (Å²) in [5, 5.41) is 0.738. The zero-order chi connectivity index (χ0) is 12.5. The first-order valence-corrected chi connectivity index (χ1v) is 6.79. The second kappa shape index (κ2) is 4.67. The summed E-state index contributed by atoms with van der Waals surface area (Å²) in [7, 11) is 0. The molecule has 0 radical (unpaired) electrons. The standard InChI is InChI=1S/C14H10ClFNS/c15-11-4-5-13-14(7-11)18-9-17(13)8-10-2-1-3-12(16)6-10/h1-7,9H,8H2/q+1. The number of halogens is 2. The average molecular weight is 279 g/mol. The highest BCUT2D eigenvalue weighted by Crippen LogP contribution is 2.21. The van der Waals surface area contributed by atoms with Crippen LogP contribution in [0.1, 0.15) is 5.56 Å². The van der Waals surface area contributed by atoms with Gasteiger partial charge in [-0.1, -0.05) is 35.1 Å². The molecule has 1 heterocycles. The molecule has 2 aromatic carbocycles. The first-order chi connectivity index (χ1) is 8.72. The minimum atomic E-state index is -0.198. The average Bonchev–Trinajstić information content (AvgIpc) is 2.72. The third-order valence-electron chi connectivity index (χ3n) is 2.78. The van der Waals surface area contributed by atoms with E-state index < -0.39 is 0 Å². The zero-order valence-corrected chi connectivity index (χ0v) is 11.0. The summed E-state index contributed by atoms with van der Waals surface area (Å²) >= 11 is 7.59.